The third kappa shape index (κ3) is 3.58. The van der Waals surface area contributed by atoms with Gasteiger partial charge in [-0.15, -0.1) is 0 Å². The molecule has 3 N–H and O–H groups in total. The number of aryl methyl sites for hydroxylation is 1. The minimum absolute atomic E-state index is 0.206. The summed E-state index contributed by atoms with van der Waals surface area (Å²) in [6.45, 7) is 3.55. The van der Waals surface area contributed by atoms with E-state index in [-0.39, 0.29) is 4.90 Å². The standard InChI is InChI=1S/C9H18N4O2S/c1-2-5-12-16(14,15)9-7-11-13(8-9)6-3-4-10/h7-8,12H,2-6,10H2,1H3. The van der Waals surface area contributed by atoms with E-state index in [4.69, 9.17) is 5.73 Å². The Labute approximate surface area is 95.9 Å². The van der Waals surface area contributed by atoms with Crippen LogP contribution in [0.3, 0.4) is 0 Å². The van der Waals surface area contributed by atoms with Gasteiger partial charge in [-0.05, 0) is 19.4 Å². The van der Waals surface area contributed by atoms with E-state index < -0.39 is 10.0 Å². The second-order valence-electron chi connectivity index (χ2n) is 3.48. The highest BCUT2D eigenvalue weighted by Gasteiger charge is 2.15. The number of rotatable bonds is 7. The summed E-state index contributed by atoms with van der Waals surface area (Å²) in [7, 11) is -3.39. The maximum Gasteiger partial charge on any atom is 0.243 e. The quantitative estimate of drug-likeness (QED) is 0.704. The summed E-state index contributed by atoms with van der Waals surface area (Å²) >= 11 is 0. The molecule has 0 bridgehead atoms. The second-order valence-corrected chi connectivity index (χ2v) is 5.25. The van der Waals surface area contributed by atoms with E-state index in [0.717, 1.165) is 12.8 Å². The van der Waals surface area contributed by atoms with Gasteiger partial charge in [-0.1, -0.05) is 6.92 Å². The molecule has 0 radical (unpaired) electrons. The highest BCUT2D eigenvalue weighted by Crippen LogP contribution is 2.06. The molecule has 0 saturated heterocycles. The first kappa shape index (κ1) is 13.1. The van der Waals surface area contributed by atoms with Gasteiger partial charge in [0.1, 0.15) is 4.90 Å². The Morgan fingerprint density at radius 1 is 1.56 bits per heavy atom. The Balaban J connectivity index is 2.69. The van der Waals surface area contributed by atoms with Crippen molar-refractivity contribution in [2.24, 2.45) is 5.73 Å². The van der Waals surface area contributed by atoms with Crippen molar-refractivity contribution in [2.75, 3.05) is 13.1 Å². The van der Waals surface area contributed by atoms with Crippen molar-refractivity contribution in [1.82, 2.24) is 14.5 Å². The highest BCUT2D eigenvalue weighted by atomic mass is 32.2. The Kier molecular flexibility index (Phi) is 4.91. The lowest BCUT2D eigenvalue weighted by molar-refractivity contribution is 0.575. The third-order valence-electron chi connectivity index (χ3n) is 2.05. The summed E-state index contributed by atoms with van der Waals surface area (Å²) in [5, 5.41) is 3.97. The molecule has 7 heteroatoms. The highest BCUT2D eigenvalue weighted by molar-refractivity contribution is 7.89. The summed E-state index contributed by atoms with van der Waals surface area (Å²) in [6, 6.07) is 0. The normalized spacial score (nSPS) is 11.9. The number of nitrogens with zero attached hydrogens (tertiary/aromatic N) is 2. The van der Waals surface area contributed by atoms with E-state index in [0.29, 0.717) is 19.6 Å². The van der Waals surface area contributed by atoms with Crippen LogP contribution in [-0.4, -0.2) is 31.3 Å². The first-order chi connectivity index (χ1) is 7.60. The van der Waals surface area contributed by atoms with E-state index in [2.05, 4.69) is 9.82 Å². The van der Waals surface area contributed by atoms with Crippen molar-refractivity contribution in [1.29, 1.82) is 0 Å². The molecule has 0 fully saturated rings. The predicted octanol–water partition coefficient (Wildman–Crippen LogP) is -0.0798. The van der Waals surface area contributed by atoms with Crippen LogP contribution < -0.4 is 10.5 Å². The van der Waals surface area contributed by atoms with Gasteiger partial charge < -0.3 is 5.73 Å². The fraction of sp³-hybridized carbons (Fsp3) is 0.667. The molecule has 6 nitrogen and oxygen atoms in total. The molecule has 0 aliphatic carbocycles. The topological polar surface area (TPSA) is 90.0 Å². The molecule has 0 amide bonds. The van der Waals surface area contributed by atoms with Crippen LogP contribution in [0.4, 0.5) is 0 Å². The number of nitrogens with two attached hydrogens (primary N) is 1. The maximum atomic E-state index is 11.7. The molecular formula is C9H18N4O2S. The number of sulfonamides is 1. The van der Waals surface area contributed by atoms with Gasteiger partial charge in [-0.2, -0.15) is 5.10 Å². The van der Waals surface area contributed by atoms with Gasteiger partial charge in [-0.3, -0.25) is 4.68 Å². The molecule has 92 valence electrons. The van der Waals surface area contributed by atoms with E-state index in [1.165, 1.54) is 12.4 Å². The van der Waals surface area contributed by atoms with Crippen molar-refractivity contribution < 1.29 is 8.42 Å². The van der Waals surface area contributed by atoms with Crippen LogP contribution in [0.2, 0.25) is 0 Å². The summed E-state index contributed by atoms with van der Waals surface area (Å²) in [6.07, 6.45) is 4.42. The summed E-state index contributed by atoms with van der Waals surface area (Å²) in [5.74, 6) is 0. The lowest BCUT2D eigenvalue weighted by Crippen LogP contribution is -2.24. The first-order valence-corrected chi connectivity index (χ1v) is 6.80. The van der Waals surface area contributed by atoms with Gasteiger partial charge >= 0.3 is 0 Å². The maximum absolute atomic E-state index is 11.7. The van der Waals surface area contributed by atoms with Gasteiger partial charge in [0, 0.05) is 19.3 Å². The Bertz CT molecular complexity index is 413. The lowest BCUT2D eigenvalue weighted by atomic mass is 10.4. The molecule has 0 saturated carbocycles. The molecule has 16 heavy (non-hydrogen) atoms. The Morgan fingerprint density at radius 3 is 2.94 bits per heavy atom. The zero-order chi connectivity index (χ0) is 12.0. The van der Waals surface area contributed by atoms with E-state index in [1.54, 1.807) is 4.68 Å². The molecule has 0 unspecified atom stereocenters. The van der Waals surface area contributed by atoms with Crippen LogP contribution in [0.5, 0.6) is 0 Å². The molecule has 1 aromatic heterocycles. The van der Waals surface area contributed by atoms with Crippen molar-refractivity contribution in [3.8, 4) is 0 Å². The fourth-order valence-electron chi connectivity index (χ4n) is 1.18. The van der Waals surface area contributed by atoms with Gasteiger partial charge in [0.15, 0.2) is 0 Å². The smallest absolute Gasteiger partial charge is 0.243 e. The summed E-state index contributed by atoms with van der Waals surface area (Å²) < 4.78 is 27.5. The minimum atomic E-state index is -3.39. The molecule has 0 aliphatic heterocycles. The molecular weight excluding hydrogens is 228 g/mol. The molecule has 0 spiro atoms. The SMILES string of the molecule is CCCNS(=O)(=O)c1cnn(CCCN)c1. The van der Waals surface area contributed by atoms with Gasteiger partial charge in [0.05, 0.1) is 6.20 Å². The van der Waals surface area contributed by atoms with Gasteiger partial charge in [0.2, 0.25) is 10.0 Å². The third-order valence-corrected chi connectivity index (χ3v) is 3.47. The molecule has 1 aromatic rings. The monoisotopic (exact) mass is 246 g/mol. The fourth-order valence-corrected chi connectivity index (χ4v) is 2.26. The van der Waals surface area contributed by atoms with Crippen molar-refractivity contribution in [2.45, 2.75) is 31.2 Å². The number of aromatic nitrogens is 2. The first-order valence-electron chi connectivity index (χ1n) is 5.32. The molecule has 0 aromatic carbocycles. The molecule has 0 atom stereocenters. The zero-order valence-corrected chi connectivity index (χ0v) is 10.2. The van der Waals surface area contributed by atoms with Crippen LogP contribution in [0.15, 0.2) is 17.3 Å². The zero-order valence-electron chi connectivity index (χ0n) is 9.39. The number of hydrogen-bond acceptors (Lipinski definition) is 4. The van der Waals surface area contributed by atoms with Crippen LogP contribution in [-0.2, 0) is 16.6 Å². The average molecular weight is 246 g/mol. The Morgan fingerprint density at radius 2 is 2.31 bits per heavy atom. The predicted molar refractivity (Wildman–Crippen MR) is 61.4 cm³/mol. The van der Waals surface area contributed by atoms with E-state index in [1.807, 2.05) is 6.92 Å². The average Bonchev–Trinajstić information content (AvgIpc) is 2.73. The number of nitrogens with one attached hydrogen (secondary N) is 1. The van der Waals surface area contributed by atoms with Crippen LogP contribution in [0.25, 0.3) is 0 Å². The number of hydrogen-bond donors (Lipinski definition) is 2. The van der Waals surface area contributed by atoms with Crippen molar-refractivity contribution in [3.63, 3.8) is 0 Å². The minimum Gasteiger partial charge on any atom is -0.330 e. The van der Waals surface area contributed by atoms with Crippen LogP contribution in [0, 0.1) is 0 Å². The summed E-state index contributed by atoms with van der Waals surface area (Å²) in [4.78, 5) is 0.206. The van der Waals surface area contributed by atoms with Gasteiger partial charge in [0.25, 0.3) is 0 Å². The lowest BCUT2D eigenvalue weighted by Gasteiger charge is -2.01. The molecule has 1 rings (SSSR count). The largest absolute Gasteiger partial charge is 0.330 e. The van der Waals surface area contributed by atoms with Crippen LogP contribution >= 0.6 is 0 Å². The Hall–Kier alpha value is -0.920. The van der Waals surface area contributed by atoms with Crippen molar-refractivity contribution in [3.05, 3.63) is 12.4 Å². The van der Waals surface area contributed by atoms with Gasteiger partial charge in [-0.25, -0.2) is 13.1 Å². The summed E-state index contributed by atoms with van der Waals surface area (Å²) in [5.41, 5.74) is 5.36. The molecule has 0 aliphatic rings. The second kappa shape index (κ2) is 5.97. The van der Waals surface area contributed by atoms with Crippen molar-refractivity contribution >= 4 is 10.0 Å². The molecule has 1 heterocycles. The van der Waals surface area contributed by atoms with Crippen LogP contribution in [0.1, 0.15) is 19.8 Å². The van der Waals surface area contributed by atoms with E-state index >= 15 is 0 Å². The van der Waals surface area contributed by atoms with E-state index in [9.17, 15) is 8.42 Å².